The summed E-state index contributed by atoms with van der Waals surface area (Å²) in [6.07, 6.45) is 5.00. The van der Waals surface area contributed by atoms with E-state index in [4.69, 9.17) is 9.84 Å². The van der Waals surface area contributed by atoms with Crippen LogP contribution in [0.1, 0.15) is 52.9 Å². The van der Waals surface area contributed by atoms with E-state index < -0.39 is 12.1 Å². The van der Waals surface area contributed by atoms with Crippen molar-refractivity contribution < 1.29 is 14.6 Å². The van der Waals surface area contributed by atoms with Crippen molar-refractivity contribution in [1.82, 2.24) is 5.32 Å². The molecular weight excluding hydrogens is 254 g/mol. The highest BCUT2D eigenvalue weighted by Crippen LogP contribution is 2.62. The van der Waals surface area contributed by atoms with Gasteiger partial charge < -0.3 is 15.2 Å². The third kappa shape index (κ3) is 2.17. The van der Waals surface area contributed by atoms with Crippen LogP contribution in [0.4, 0.5) is 0 Å². The Morgan fingerprint density at radius 2 is 2.05 bits per heavy atom. The molecule has 0 aromatic carbocycles. The van der Waals surface area contributed by atoms with E-state index in [-0.39, 0.29) is 6.10 Å². The molecule has 5 unspecified atom stereocenters. The van der Waals surface area contributed by atoms with Crippen LogP contribution in [-0.2, 0) is 9.53 Å². The molecule has 2 N–H and O–H groups in total. The number of carboxylic acids is 1. The summed E-state index contributed by atoms with van der Waals surface area (Å²) in [4.78, 5) is 10.9. The summed E-state index contributed by atoms with van der Waals surface area (Å²) in [5.41, 5.74) is 0.761. The quantitative estimate of drug-likeness (QED) is 0.831. The molecule has 1 aliphatic heterocycles. The third-order valence-corrected chi connectivity index (χ3v) is 6.20. The molecule has 0 spiro atoms. The maximum atomic E-state index is 10.9. The Bertz CT molecular complexity index is 404. The summed E-state index contributed by atoms with van der Waals surface area (Å²) in [7, 11) is 0. The van der Waals surface area contributed by atoms with Crippen molar-refractivity contribution in [3.05, 3.63) is 0 Å². The Labute approximate surface area is 121 Å². The Morgan fingerprint density at radius 1 is 1.30 bits per heavy atom. The van der Waals surface area contributed by atoms with Gasteiger partial charge in [0, 0.05) is 12.6 Å². The summed E-state index contributed by atoms with van der Waals surface area (Å²) in [5.74, 6) is 0.0148. The molecule has 3 fully saturated rings. The van der Waals surface area contributed by atoms with Gasteiger partial charge in [0.25, 0.3) is 0 Å². The van der Waals surface area contributed by atoms with Crippen molar-refractivity contribution >= 4 is 5.97 Å². The predicted molar refractivity (Wildman–Crippen MR) is 76.6 cm³/mol. The molecular formula is C16H27NO3. The Balaban J connectivity index is 1.58. The smallest absolute Gasteiger partial charge is 0.332 e. The van der Waals surface area contributed by atoms with Gasteiger partial charge in [-0.05, 0) is 48.9 Å². The highest BCUT2D eigenvalue weighted by atomic mass is 16.5. The van der Waals surface area contributed by atoms with Gasteiger partial charge in [-0.1, -0.05) is 20.8 Å². The van der Waals surface area contributed by atoms with Crippen molar-refractivity contribution in [2.24, 2.45) is 16.7 Å². The molecule has 0 amide bonds. The second-order valence-corrected chi connectivity index (χ2v) is 7.92. The zero-order valence-electron chi connectivity index (χ0n) is 12.8. The minimum atomic E-state index is -0.820. The summed E-state index contributed by atoms with van der Waals surface area (Å²) in [6.45, 7) is 7.97. The van der Waals surface area contributed by atoms with E-state index in [1.54, 1.807) is 0 Å². The van der Waals surface area contributed by atoms with Crippen LogP contribution in [0.5, 0.6) is 0 Å². The van der Waals surface area contributed by atoms with Crippen LogP contribution in [0.25, 0.3) is 0 Å². The normalized spacial score (nSPS) is 46.0. The number of hydrogen-bond acceptors (Lipinski definition) is 3. The van der Waals surface area contributed by atoms with Crippen LogP contribution >= 0.6 is 0 Å². The van der Waals surface area contributed by atoms with Gasteiger partial charge in [-0.2, -0.15) is 0 Å². The standard InChI is InChI=1S/C16H27NO3/c1-15(2)10-6-7-16(3,8-10)14(15)17-9-11-4-5-12(20-11)13(18)19/h10-12,14,17H,4-9H2,1-3H3,(H,18,19). The molecule has 2 bridgehead atoms. The van der Waals surface area contributed by atoms with Gasteiger partial charge in [0.2, 0.25) is 0 Å². The molecule has 1 saturated heterocycles. The number of hydrogen-bond donors (Lipinski definition) is 2. The van der Waals surface area contributed by atoms with Crippen molar-refractivity contribution in [3.8, 4) is 0 Å². The Kier molecular flexibility index (Phi) is 3.37. The molecule has 3 aliphatic rings. The average Bonchev–Trinajstić information content (AvgIpc) is 2.99. The lowest BCUT2D eigenvalue weighted by Gasteiger charge is -2.43. The minimum absolute atomic E-state index is 0.0645. The number of aliphatic carboxylic acids is 1. The predicted octanol–water partition coefficient (Wildman–Crippen LogP) is 2.42. The van der Waals surface area contributed by atoms with E-state index in [2.05, 4.69) is 26.1 Å². The van der Waals surface area contributed by atoms with Crippen LogP contribution in [0, 0.1) is 16.7 Å². The number of rotatable bonds is 4. The number of ether oxygens (including phenoxy) is 1. The monoisotopic (exact) mass is 281 g/mol. The van der Waals surface area contributed by atoms with E-state index in [9.17, 15) is 4.79 Å². The SMILES string of the molecule is CC12CCC(C1)C(C)(C)C2NCC1CCC(C(=O)O)O1. The van der Waals surface area contributed by atoms with E-state index in [0.717, 1.165) is 18.9 Å². The lowest BCUT2D eigenvalue weighted by molar-refractivity contribution is -0.149. The number of nitrogens with one attached hydrogen (secondary N) is 1. The lowest BCUT2D eigenvalue weighted by atomic mass is 9.68. The van der Waals surface area contributed by atoms with Crippen LogP contribution in [0.3, 0.4) is 0 Å². The summed E-state index contributed by atoms with van der Waals surface area (Å²) >= 11 is 0. The van der Waals surface area contributed by atoms with E-state index in [1.807, 2.05) is 0 Å². The van der Waals surface area contributed by atoms with Gasteiger partial charge in [-0.25, -0.2) is 4.79 Å². The van der Waals surface area contributed by atoms with Crippen molar-refractivity contribution in [2.45, 2.75) is 71.1 Å². The summed E-state index contributed by atoms with van der Waals surface area (Å²) < 4.78 is 5.60. The number of carbonyl (C=O) groups is 1. The van der Waals surface area contributed by atoms with Crippen molar-refractivity contribution in [3.63, 3.8) is 0 Å². The fourth-order valence-corrected chi connectivity index (χ4v) is 5.10. The van der Waals surface area contributed by atoms with E-state index in [0.29, 0.717) is 23.3 Å². The highest BCUT2D eigenvalue weighted by molar-refractivity contribution is 5.72. The van der Waals surface area contributed by atoms with Crippen molar-refractivity contribution in [1.29, 1.82) is 0 Å². The van der Waals surface area contributed by atoms with Crippen LogP contribution < -0.4 is 5.32 Å². The average molecular weight is 281 g/mol. The zero-order chi connectivity index (χ0) is 14.5. The first-order valence-corrected chi connectivity index (χ1v) is 7.94. The third-order valence-electron chi connectivity index (χ3n) is 6.20. The second-order valence-electron chi connectivity index (χ2n) is 7.92. The first-order valence-electron chi connectivity index (χ1n) is 7.94. The highest BCUT2D eigenvalue weighted by Gasteiger charge is 2.59. The molecule has 1 heterocycles. The van der Waals surface area contributed by atoms with Gasteiger partial charge in [-0.15, -0.1) is 0 Å². The molecule has 4 heteroatoms. The minimum Gasteiger partial charge on any atom is -0.479 e. The van der Waals surface area contributed by atoms with E-state index in [1.165, 1.54) is 19.3 Å². The van der Waals surface area contributed by atoms with Crippen molar-refractivity contribution in [2.75, 3.05) is 6.54 Å². The van der Waals surface area contributed by atoms with Gasteiger partial charge in [0.1, 0.15) is 0 Å². The molecule has 0 aromatic heterocycles. The molecule has 2 aliphatic carbocycles. The number of carboxylic acid groups (broad SMARTS) is 1. The largest absolute Gasteiger partial charge is 0.479 e. The van der Waals surface area contributed by atoms with Crippen LogP contribution in [0.2, 0.25) is 0 Å². The maximum absolute atomic E-state index is 10.9. The zero-order valence-corrected chi connectivity index (χ0v) is 12.8. The topological polar surface area (TPSA) is 58.6 Å². The fraction of sp³-hybridized carbons (Fsp3) is 0.938. The Morgan fingerprint density at radius 3 is 2.60 bits per heavy atom. The maximum Gasteiger partial charge on any atom is 0.332 e. The molecule has 3 rings (SSSR count). The van der Waals surface area contributed by atoms with Gasteiger partial charge >= 0.3 is 5.97 Å². The van der Waals surface area contributed by atoms with E-state index >= 15 is 0 Å². The summed E-state index contributed by atoms with van der Waals surface area (Å²) in [5, 5.41) is 12.7. The lowest BCUT2D eigenvalue weighted by Crippen LogP contribution is -2.52. The molecule has 4 nitrogen and oxygen atoms in total. The molecule has 5 atom stereocenters. The molecule has 0 radical (unpaired) electrons. The number of fused-ring (bicyclic) bond motifs is 2. The van der Waals surface area contributed by atoms with Gasteiger partial charge in [0.15, 0.2) is 6.10 Å². The molecule has 114 valence electrons. The van der Waals surface area contributed by atoms with Crippen LogP contribution in [-0.4, -0.2) is 35.9 Å². The molecule has 0 aromatic rings. The molecule has 2 saturated carbocycles. The first kappa shape index (κ1) is 14.3. The Hall–Kier alpha value is -0.610. The van der Waals surface area contributed by atoms with Crippen LogP contribution in [0.15, 0.2) is 0 Å². The van der Waals surface area contributed by atoms with Gasteiger partial charge in [-0.3, -0.25) is 0 Å². The second kappa shape index (κ2) is 4.70. The summed E-state index contributed by atoms with van der Waals surface area (Å²) in [6, 6.07) is 0.529. The van der Waals surface area contributed by atoms with Gasteiger partial charge in [0.05, 0.1) is 6.10 Å². The first-order chi connectivity index (χ1) is 9.33. The fourth-order valence-electron chi connectivity index (χ4n) is 5.10. The molecule has 20 heavy (non-hydrogen) atoms.